The van der Waals surface area contributed by atoms with Crippen LogP contribution in [0.15, 0.2) is 16.9 Å². The van der Waals surface area contributed by atoms with E-state index in [2.05, 4.69) is 5.32 Å². The number of pyridine rings is 1. The Labute approximate surface area is 98.1 Å². The Bertz CT molecular complexity index is 535. The van der Waals surface area contributed by atoms with Crippen molar-refractivity contribution in [2.75, 3.05) is 13.1 Å². The van der Waals surface area contributed by atoms with Crippen molar-refractivity contribution in [1.82, 2.24) is 9.88 Å². The van der Waals surface area contributed by atoms with E-state index in [9.17, 15) is 9.59 Å². The molecule has 1 saturated heterocycles. The summed E-state index contributed by atoms with van der Waals surface area (Å²) in [5, 5.41) is 12.3. The SMILES string of the molecule is O=C(O)c1cc2n(c(=O)c1)CC1CNC[C@H]2C1. The smallest absolute Gasteiger partial charge is 0.335 e. The lowest BCUT2D eigenvalue weighted by Gasteiger charge is -2.37. The lowest BCUT2D eigenvalue weighted by Crippen LogP contribution is -2.45. The third-order valence-corrected chi connectivity index (χ3v) is 3.71. The highest BCUT2D eigenvalue weighted by Crippen LogP contribution is 2.31. The summed E-state index contributed by atoms with van der Waals surface area (Å²) in [5.41, 5.74) is 0.792. The standard InChI is InChI=1S/C12H14N2O3/c15-11-3-8(12(16)17)2-10-9-1-7(4-13-5-9)6-14(10)11/h2-3,7,9,13H,1,4-6H2,(H,16,17)/t7?,9-/m1/s1. The molecule has 0 spiro atoms. The van der Waals surface area contributed by atoms with Crippen molar-refractivity contribution < 1.29 is 9.90 Å². The third kappa shape index (κ3) is 1.67. The molecule has 3 rings (SSSR count). The van der Waals surface area contributed by atoms with Crippen molar-refractivity contribution in [2.24, 2.45) is 5.92 Å². The predicted octanol–water partition coefficient (Wildman–Crippen LogP) is 0.253. The van der Waals surface area contributed by atoms with Gasteiger partial charge in [-0.2, -0.15) is 0 Å². The number of piperidine rings is 1. The molecule has 0 aliphatic carbocycles. The summed E-state index contributed by atoms with van der Waals surface area (Å²) >= 11 is 0. The average molecular weight is 234 g/mol. The maximum atomic E-state index is 11.9. The highest BCUT2D eigenvalue weighted by Gasteiger charge is 2.31. The molecular weight excluding hydrogens is 220 g/mol. The van der Waals surface area contributed by atoms with Crippen molar-refractivity contribution in [3.05, 3.63) is 33.7 Å². The number of rotatable bonds is 1. The number of carboxylic acid groups (broad SMARTS) is 1. The Morgan fingerprint density at radius 1 is 1.41 bits per heavy atom. The van der Waals surface area contributed by atoms with Gasteiger partial charge in [-0.05, 0) is 24.9 Å². The molecule has 2 aliphatic heterocycles. The molecule has 3 heterocycles. The number of carboxylic acids is 1. The van der Waals surface area contributed by atoms with Crippen molar-refractivity contribution in [2.45, 2.75) is 18.9 Å². The second kappa shape index (κ2) is 3.70. The van der Waals surface area contributed by atoms with Gasteiger partial charge in [0.2, 0.25) is 0 Å². The molecule has 17 heavy (non-hydrogen) atoms. The summed E-state index contributed by atoms with van der Waals surface area (Å²) in [6.45, 7) is 2.49. The van der Waals surface area contributed by atoms with E-state index >= 15 is 0 Å². The van der Waals surface area contributed by atoms with Crippen LogP contribution in [0.4, 0.5) is 0 Å². The minimum Gasteiger partial charge on any atom is -0.478 e. The first kappa shape index (κ1) is 10.5. The van der Waals surface area contributed by atoms with Gasteiger partial charge in [-0.3, -0.25) is 4.79 Å². The van der Waals surface area contributed by atoms with Gasteiger partial charge in [0.1, 0.15) is 0 Å². The molecule has 2 atom stereocenters. The van der Waals surface area contributed by atoms with Crippen LogP contribution >= 0.6 is 0 Å². The molecule has 0 radical (unpaired) electrons. The summed E-state index contributed by atoms with van der Waals surface area (Å²) in [5.74, 6) is -0.263. The second-order valence-electron chi connectivity index (χ2n) is 4.88. The largest absolute Gasteiger partial charge is 0.478 e. The molecule has 2 aliphatic rings. The molecule has 5 heteroatoms. The van der Waals surface area contributed by atoms with E-state index in [4.69, 9.17) is 5.11 Å². The van der Waals surface area contributed by atoms with Gasteiger partial charge in [-0.15, -0.1) is 0 Å². The fourth-order valence-electron chi connectivity index (χ4n) is 2.93. The number of hydrogen-bond donors (Lipinski definition) is 2. The fraction of sp³-hybridized carbons (Fsp3) is 0.500. The van der Waals surface area contributed by atoms with Crippen LogP contribution in [0.5, 0.6) is 0 Å². The number of nitrogens with zero attached hydrogens (tertiary/aromatic N) is 1. The van der Waals surface area contributed by atoms with E-state index in [1.54, 1.807) is 10.6 Å². The molecule has 1 fully saturated rings. The minimum atomic E-state index is -1.03. The maximum Gasteiger partial charge on any atom is 0.335 e. The van der Waals surface area contributed by atoms with Gasteiger partial charge in [0.15, 0.2) is 0 Å². The first-order valence-electron chi connectivity index (χ1n) is 5.84. The zero-order chi connectivity index (χ0) is 12.0. The van der Waals surface area contributed by atoms with E-state index in [0.29, 0.717) is 12.5 Å². The van der Waals surface area contributed by atoms with Gasteiger partial charge in [-0.1, -0.05) is 0 Å². The summed E-state index contributed by atoms with van der Waals surface area (Å²) in [7, 11) is 0. The molecule has 1 aromatic rings. The molecule has 0 aromatic carbocycles. The van der Waals surface area contributed by atoms with Crippen LogP contribution in [0, 0.1) is 5.92 Å². The summed E-state index contributed by atoms with van der Waals surface area (Å²) in [4.78, 5) is 22.8. The van der Waals surface area contributed by atoms with E-state index < -0.39 is 5.97 Å². The molecular formula is C12H14N2O3. The molecule has 0 amide bonds. The van der Waals surface area contributed by atoms with Gasteiger partial charge in [0, 0.05) is 30.8 Å². The van der Waals surface area contributed by atoms with Crippen LogP contribution in [0.25, 0.3) is 0 Å². The monoisotopic (exact) mass is 234 g/mol. The van der Waals surface area contributed by atoms with Crippen LogP contribution in [-0.4, -0.2) is 28.7 Å². The zero-order valence-electron chi connectivity index (χ0n) is 9.35. The molecule has 5 nitrogen and oxygen atoms in total. The average Bonchev–Trinajstić information content (AvgIpc) is 2.30. The summed E-state index contributed by atoms with van der Waals surface area (Å²) in [6.07, 6.45) is 1.05. The Balaban J connectivity index is 2.15. The highest BCUT2D eigenvalue weighted by atomic mass is 16.4. The summed E-state index contributed by atoms with van der Waals surface area (Å²) in [6, 6.07) is 2.87. The van der Waals surface area contributed by atoms with E-state index in [-0.39, 0.29) is 17.0 Å². The normalized spacial score (nSPS) is 26.4. The van der Waals surface area contributed by atoms with Crippen molar-refractivity contribution in [3.63, 3.8) is 0 Å². The lowest BCUT2D eigenvalue weighted by molar-refractivity contribution is 0.0696. The number of aromatic nitrogens is 1. The van der Waals surface area contributed by atoms with Crippen LogP contribution < -0.4 is 10.9 Å². The van der Waals surface area contributed by atoms with Gasteiger partial charge in [0.05, 0.1) is 5.56 Å². The van der Waals surface area contributed by atoms with Crippen LogP contribution in [0.1, 0.15) is 28.4 Å². The Morgan fingerprint density at radius 2 is 2.24 bits per heavy atom. The number of aromatic carboxylic acids is 1. The molecule has 90 valence electrons. The Morgan fingerprint density at radius 3 is 3.00 bits per heavy atom. The molecule has 1 unspecified atom stereocenters. The predicted molar refractivity (Wildman–Crippen MR) is 61.4 cm³/mol. The third-order valence-electron chi connectivity index (χ3n) is 3.71. The summed E-state index contributed by atoms with van der Waals surface area (Å²) < 4.78 is 1.74. The number of nitrogens with one attached hydrogen (secondary N) is 1. The first-order valence-corrected chi connectivity index (χ1v) is 5.84. The topological polar surface area (TPSA) is 71.3 Å². The van der Waals surface area contributed by atoms with Crippen molar-refractivity contribution in [3.8, 4) is 0 Å². The quantitative estimate of drug-likeness (QED) is 0.731. The zero-order valence-corrected chi connectivity index (χ0v) is 9.35. The van der Waals surface area contributed by atoms with Crippen LogP contribution in [0.2, 0.25) is 0 Å². The Kier molecular flexibility index (Phi) is 2.29. The molecule has 2 bridgehead atoms. The van der Waals surface area contributed by atoms with E-state index in [1.165, 1.54) is 6.07 Å². The van der Waals surface area contributed by atoms with Gasteiger partial charge >= 0.3 is 5.97 Å². The molecule has 2 N–H and O–H groups in total. The molecule has 1 aromatic heterocycles. The van der Waals surface area contributed by atoms with Gasteiger partial charge in [0.25, 0.3) is 5.56 Å². The van der Waals surface area contributed by atoms with Crippen LogP contribution in [-0.2, 0) is 6.54 Å². The fourth-order valence-corrected chi connectivity index (χ4v) is 2.93. The first-order chi connectivity index (χ1) is 8.15. The second-order valence-corrected chi connectivity index (χ2v) is 4.88. The number of fused-ring (bicyclic) bond motifs is 4. The molecule has 0 saturated carbocycles. The van der Waals surface area contributed by atoms with Gasteiger partial charge in [-0.25, -0.2) is 4.79 Å². The van der Waals surface area contributed by atoms with Crippen molar-refractivity contribution in [1.29, 1.82) is 0 Å². The lowest BCUT2D eigenvalue weighted by atomic mass is 9.84. The van der Waals surface area contributed by atoms with Crippen molar-refractivity contribution >= 4 is 5.97 Å². The van der Waals surface area contributed by atoms with E-state index in [0.717, 1.165) is 25.2 Å². The maximum absolute atomic E-state index is 11.9. The highest BCUT2D eigenvalue weighted by molar-refractivity contribution is 5.87. The van der Waals surface area contributed by atoms with E-state index in [1.807, 2.05) is 0 Å². The minimum absolute atomic E-state index is 0.102. The number of hydrogen-bond acceptors (Lipinski definition) is 3. The van der Waals surface area contributed by atoms with Gasteiger partial charge < -0.3 is 15.0 Å². The van der Waals surface area contributed by atoms with Crippen LogP contribution in [0.3, 0.4) is 0 Å². The Hall–Kier alpha value is -1.62. The number of carbonyl (C=O) groups is 1.